The number of para-hydroxylation sites is 3. The van der Waals surface area contributed by atoms with Crippen LogP contribution in [0.15, 0.2) is 134 Å². The molecule has 314 valence electrons. The van der Waals surface area contributed by atoms with Crippen molar-refractivity contribution in [2.45, 2.75) is 78.6 Å². The Bertz CT molecular complexity index is 3110. The third kappa shape index (κ3) is 6.39. The molecule has 0 saturated heterocycles. The molecule has 0 bridgehead atoms. The molecule has 1 aliphatic heterocycles. The lowest BCUT2D eigenvalue weighted by Crippen LogP contribution is -2.31. The van der Waals surface area contributed by atoms with E-state index in [4.69, 9.17) is 24.9 Å². The van der Waals surface area contributed by atoms with Crippen molar-refractivity contribution in [1.82, 2.24) is 38.6 Å². The highest BCUT2D eigenvalue weighted by Crippen LogP contribution is 2.45. The van der Waals surface area contributed by atoms with Gasteiger partial charge in [0.1, 0.15) is 40.0 Å². The summed E-state index contributed by atoms with van der Waals surface area (Å²) in [6, 6.07) is 40.8. The minimum atomic E-state index is -0.618. The summed E-state index contributed by atoms with van der Waals surface area (Å²) >= 11 is 0. The second kappa shape index (κ2) is 14.8. The fraction of sp³-hybridized carbons (Fsp3) is 0.241. The van der Waals surface area contributed by atoms with Crippen molar-refractivity contribution in [3.05, 3.63) is 190 Å². The summed E-state index contributed by atoms with van der Waals surface area (Å²) in [6.45, 7) is 21.0. The lowest BCUT2D eigenvalue weighted by atomic mass is 9.73. The molecule has 5 aromatic heterocycles. The van der Waals surface area contributed by atoms with E-state index in [0.717, 1.165) is 103 Å². The molecule has 0 fully saturated rings. The molecule has 0 saturated carbocycles. The third-order valence-corrected chi connectivity index (χ3v) is 13.2. The predicted octanol–water partition coefficient (Wildman–Crippen LogP) is 11.7. The molecule has 0 atom stereocenters. The SMILES string of the molecule is Cc1ccccc1-n1c(C(C)(C)c2cc(C(C)(C)c3nc4cccnc4n3-c3ccccc3C)cc(C(C)(C)c3nc4cccnc4n3-c3ccccc3C)c2)nc2c1NCC=C2. The largest absolute Gasteiger partial charge is 0.366 e. The number of pyridine rings is 2. The normalized spacial score (nSPS) is 13.2. The first-order valence-electron chi connectivity index (χ1n) is 21.8. The Labute approximate surface area is 369 Å². The quantitative estimate of drug-likeness (QED) is 0.156. The van der Waals surface area contributed by atoms with Crippen molar-refractivity contribution in [2.75, 3.05) is 11.9 Å². The standard InChI is InChI=1S/C54H53N9/c1-34-19-10-13-25-43(34)61-46-40(22-16-28-55-46)58-49(61)52(4,5)37-31-38(53(6,7)50-59-41-23-17-29-56-47(41)62(50)44-26-14-11-20-35(44)2)33-39(32-37)54(8,9)51-60-42-24-18-30-57-48(42)63(51)45-27-15-12-21-36(45)3/h10-29,31-33,57H,30H2,1-9H3. The number of nitrogens with zero attached hydrogens (tertiary/aromatic N) is 8. The van der Waals surface area contributed by atoms with Gasteiger partial charge in [0.15, 0.2) is 11.3 Å². The van der Waals surface area contributed by atoms with Crippen LogP contribution in [0.1, 0.15) is 98.1 Å². The zero-order valence-corrected chi connectivity index (χ0v) is 37.6. The molecule has 0 unspecified atom stereocenters. The van der Waals surface area contributed by atoms with Crippen molar-refractivity contribution >= 4 is 34.2 Å². The maximum Gasteiger partial charge on any atom is 0.164 e. The van der Waals surface area contributed by atoms with Gasteiger partial charge in [0.25, 0.3) is 0 Å². The molecule has 9 nitrogen and oxygen atoms in total. The van der Waals surface area contributed by atoms with Gasteiger partial charge in [-0.25, -0.2) is 24.9 Å². The van der Waals surface area contributed by atoms with Gasteiger partial charge in [-0.15, -0.1) is 0 Å². The molecule has 6 heterocycles. The monoisotopic (exact) mass is 827 g/mol. The van der Waals surface area contributed by atoms with Gasteiger partial charge in [0.05, 0.1) is 17.1 Å². The van der Waals surface area contributed by atoms with Crippen LogP contribution in [0.4, 0.5) is 5.82 Å². The number of benzene rings is 4. The molecule has 0 radical (unpaired) electrons. The Kier molecular flexibility index (Phi) is 9.36. The number of aryl methyl sites for hydroxylation is 3. The molecule has 1 N–H and O–H groups in total. The van der Waals surface area contributed by atoms with E-state index in [2.05, 4.69) is 197 Å². The van der Waals surface area contributed by atoms with E-state index >= 15 is 0 Å². The molecule has 9 heteroatoms. The molecule has 0 amide bonds. The highest BCUT2D eigenvalue weighted by molar-refractivity contribution is 5.77. The second-order valence-electron chi connectivity index (χ2n) is 18.6. The van der Waals surface area contributed by atoms with E-state index in [1.807, 2.05) is 24.5 Å². The Hall–Kier alpha value is -7.13. The number of anilines is 1. The van der Waals surface area contributed by atoms with Crippen LogP contribution in [-0.2, 0) is 16.2 Å². The van der Waals surface area contributed by atoms with E-state index in [1.54, 1.807) is 0 Å². The summed E-state index contributed by atoms with van der Waals surface area (Å²) in [7, 11) is 0. The van der Waals surface area contributed by atoms with Crippen LogP contribution in [-0.4, -0.2) is 45.2 Å². The van der Waals surface area contributed by atoms with Gasteiger partial charge in [-0.1, -0.05) is 78.9 Å². The van der Waals surface area contributed by atoms with Gasteiger partial charge in [-0.3, -0.25) is 13.7 Å². The average molecular weight is 828 g/mol. The zero-order valence-electron chi connectivity index (χ0n) is 37.6. The first-order chi connectivity index (χ1) is 30.3. The molecular weight excluding hydrogens is 775 g/mol. The highest BCUT2D eigenvalue weighted by atomic mass is 15.2. The molecule has 63 heavy (non-hydrogen) atoms. The van der Waals surface area contributed by atoms with E-state index in [-0.39, 0.29) is 0 Å². The maximum atomic E-state index is 5.47. The number of aromatic nitrogens is 8. The van der Waals surface area contributed by atoms with Crippen LogP contribution in [0, 0.1) is 20.8 Å². The average Bonchev–Trinajstić information content (AvgIpc) is 4.00. The maximum absolute atomic E-state index is 5.47. The molecular formula is C54H53N9. The van der Waals surface area contributed by atoms with Gasteiger partial charge in [0, 0.05) is 35.2 Å². The summed E-state index contributed by atoms with van der Waals surface area (Å²) in [5.41, 5.74) is 12.5. The fourth-order valence-corrected chi connectivity index (χ4v) is 9.36. The van der Waals surface area contributed by atoms with Crippen LogP contribution in [0.2, 0.25) is 0 Å². The van der Waals surface area contributed by atoms with Crippen LogP contribution < -0.4 is 5.32 Å². The number of hydrogen-bond acceptors (Lipinski definition) is 6. The van der Waals surface area contributed by atoms with Crippen molar-refractivity contribution in [3.8, 4) is 17.1 Å². The van der Waals surface area contributed by atoms with Crippen molar-refractivity contribution < 1.29 is 0 Å². The molecule has 0 spiro atoms. The van der Waals surface area contributed by atoms with Crippen LogP contribution >= 0.6 is 0 Å². The summed E-state index contributed by atoms with van der Waals surface area (Å²) < 4.78 is 6.85. The predicted molar refractivity (Wildman–Crippen MR) is 256 cm³/mol. The van der Waals surface area contributed by atoms with Gasteiger partial charge in [-0.2, -0.15) is 0 Å². The van der Waals surface area contributed by atoms with E-state index < -0.39 is 16.2 Å². The Morgan fingerprint density at radius 2 is 0.873 bits per heavy atom. The number of nitrogens with one attached hydrogen (secondary N) is 1. The summed E-state index contributed by atoms with van der Waals surface area (Å²) in [5.74, 6) is 3.77. The smallest absolute Gasteiger partial charge is 0.164 e. The summed E-state index contributed by atoms with van der Waals surface area (Å²) in [5, 5.41) is 3.67. The van der Waals surface area contributed by atoms with E-state index in [0.29, 0.717) is 0 Å². The van der Waals surface area contributed by atoms with Crippen molar-refractivity contribution in [2.24, 2.45) is 0 Å². The zero-order chi connectivity index (χ0) is 43.8. The van der Waals surface area contributed by atoms with Crippen molar-refractivity contribution in [1.29, 1.82) is 0 Å². The number of rotatable bonds is 9. The van der Waals surface area contributed by atoms with E-state index in [1.165, 1.54) is 5.56 Å². The number of hydrogen-bond donors (Lipinski definition) is 1. The van der Waals surface area contributed by atoms with E-state index in [9.17, 15) is 0 Å². The van der Waals surface area contributed by atoms with Crippen LogP contribution in [0.25, 0.3) is 45.5 Å². The van der Waals surface area contributed by atoms with Crippen LogP contribution in [0.3, 0.4) is 0 Å². The fourth-order valence-electron chi connectivity index (χ4n) is 9.36. The molecule has 9 aromatic rings. The number of fused-ring (bicyclic) bond motifs is 3. The minimum absolute atomic E-state index is 0.596. The second-order valence-corrected chi connectivity index (χ2v) is 18.6. The lowest BCUT2D eigenvalue weighted by Gasteiger charge is -2.34. The first kappa shape index (κ1) is 40.0. The van der Waals surface area contributed by atoms with Gasteiger partial charge >= 0.3 is 0 Å². The van der Waals surface area contributed by atoms with Gasteiger partial charge in [-0.05, 0) is 144 Å². The third-order valence-electron chi connectivity index (χ3n) is 13.2. The summed E-state index contributed by atoms with van der Waals surface area (Å²) in [6.07, 6.45) is 8.00. The molecule has 4 aromatic carbocycles. The first-order valence-corrected chi connectivity index (χ1v) is 21.8. The topological polar surface area (TPSA) is 91.3 Å². The molecule has 10 rings (SSSR count). The van der Waals surface area contributed by atoms with Gasteiger partial charge < -0.3 is 5.32 Å². The summed E-state index contributed by atoms with van der Waals surface area (Å²) in [4.78, 5) is 26.2. The number of imidazole rings is 3. The Morgan fingerprint density at radius 3 is 1.30 bits per heavy atom. The van der Waals surface area contributed by atoms with Crippen LogP contribution in [0.5, 0.6) is 0 Å². The lowest BCUT2D eigenvalue weighted by molar-refractivity contribution is 0.544. The molecule has 0 aliphatic carbocycles. The highest BCUT2D eigenvalue weighted by Gasteiger charge is 2.40. The Morgan fingerprint density at radius 1 is 0.476 bits per heavy atom. The minimum Gasteiger partial charge on any atom is -0.366 e. The van der Waals surface area contributed by atoms with Crippen molar-refractivity contribution in [3.63, 3.8) is 0 Å². The Balaban J connectivity index is 1.26. The molecule has 1 aliphatic rings. The van der Waals surface area contributed by atoms with Gasteiger partial charge in [0.2, 0.25) is 0 Å².